The highest BCUT2D eigenvalue weighted by Crippen LogP contribution is 1.96. The predicted octanol–water partition coefficient (Wildman–Crippen LogP) is -0.747. The molecule has 0 aliphatic heterocycles. The van der Waals surface area contributed by atoms with Gasteiger partial charge in [0, 0.05) is 6.20 Å². The highest BCUT2D eigenvalue weighted by molar-refractivity contribution is 5.88. The van der Waals surface area contributed by atoms with Gasteiger partial charge in [0.2, 0.25) is 11.9 Å². The van der Waals surface area contributed by atoms with E-state index in [1.165, 1.54) is 10.7 Å². The van der Waals surface area contributed by atoms with Crippen LogP contribution in [0.3, 0.4) is 0 Å². The van der Waals surface area contributed by atoms with Gasteiger partial charge in [0.15, 0.2) is 5.65 Å². The van der Waals surface area contributed by atoms with Gasteiger partial charge in [0.25, 0.3) is 0 Å². The first-order valence-electron chi connectivity index (χ1n) is 5.43. The summed E-state index contributed by atoms with van der Waals surface area (Å²) in [5.41, 5.74) is 0.114. The fraction of sp³-hybridized carbons (Fsp3) is 0.100. The fourth-order valence-electron chi connectivity index (χ4n) is 1.64. The molecule has 0 unspecified atom stereocenters. The number of aromatic nitrogens is 6. The number of hydrogen-bond donors (Lipinski definition) is 2. The molecule has 0 fully saturated rings. The molecule has 1 amide bonds. The molecule has 3 aromatic rings. The number of rotatable bonds is 3. The largest absolute Gasteiger partial charge is 0.350 e. The average Bonchev–Trinajstić information content (AvgIpc) is 3.00. The zero-order valence-electron chi connectivity index (χ0n) is 9.65. The van der Waals surface area contributed by atoms with E-state index in [9.17, 15) is 9.59 Å². The monoisotopic (exact) mass is 259 g/mol. The number of H-pyrrole nitrogens is 1. The molecule has 0 atom stereocenters. The number of hydrogen-bond acceptors (Lipinski definition) is 5. The van der Waals surface area contributed by atoms with Crippen LogP contribution < -0.4 is 11.0 Å². The number of amides is 1. The molecule has 0 spiro atoms. The van der Waals surface area contributed by atoms with E-state index in [-0.39, 0.29) is 18.2 Å². The van der Waals surface area contributed by atoms with Crippen molar-refractivity contribution >= 4 is 17.5 Å². The van der Waals surface area contributed by atoms with Crippen LogP contribution in [0.4, 0.5) is 5.95 Å². The van der Waals surface area contributed by atoms with Gasteiger partial charge in [0.1, 0.15) is 12.9 Å². The molecular formula is C10H9N7O2. The van der Waals surface area contributed by atoms with E-state index in [1.807, 2.05) is 0 Å². The molecule has 19 heavy (non-hydrogen) atoms. The molecule has 9 heteroatoms. The van der Waals surface area contributed by atoms with Gasteiger partial charge in [-0.05, 0) is 12.1 Å². The van der Waals surface area contributed by atoms with Crippen LogP contribution in [-0.4, -0.2) is 35.3 Å². The van der Waals surface area contributed by atoms with E-state index in [0.29, 0.717) is 5.65 Å². The number of nitrogens with zero attached hydrogens (tertiary/aromatic N) is 5. The number of fused-ring (bicyclic) bond motifs is 1. The Hall–Kier alpha value is -2.97. The van der Waals surface area contributed by atoms with Gasteiger partial charge in [-0.3, -0.25) is 14.5 Å². The molecule has 3 aromatic heterocycles. The van der Waals surface area contributed by atoms with Gasteiger partial charge in [-0.2, -0.15) is 10.1 Å². The van der Waals surface area contributed by atoms with Crippen molar-refractivity contribution in [3.05, 3.63) is 41.2 Å². The smallest absolute Gasteiger partial charge is 0.293 e. The molecule has 0 bridgehead atoms. The first-order valence-corrected chi connectivity index (χ1v) is 5.43. The minimum Gasteiger partial charge on any atom is -0.293 e. The quantitative estimate of drug-likeness (QED) is 0.643. The number of pyridine rings is 1. The first-order chi connectivity index (χ1) is 9.24. The normalized spacial score (nSPS) is 10.7. The molecule has 0 saturated heterocycles. The summed E-state index contributed by atoms with van der Waals surface area (Å²) in [6, 6.07) is 5.17. The Morgan fingerprint density at radius 2 is 2.32 bits per heavy atom. The van der Waals surface area contributed by atoms with E-state index in [4.69, 9.17) is 0 Å². The lowest BCUT2D eigenvalue weighted by molar-refractivity contribution is -0.117. The zero-order valence-corrected chi connectivity index (χ0v) is 9.65. The van der Waals surface area contributed by atoms with Crippen LogP contribution >= 0.6 is 0 Å². The van der Waals surface area contributed by atoms with E-state index in [0.717, 1.165) is 4.68 Å². The third-order valence-electron chi connectivity index (χ3n) is 2.45. The molecule has 2 N–H and O–H groups in total. The van der Waals surface area contributed by atoms with Gasteiger partial charge in [0.05, 0.1) is 0 Å². The van der Waals surface area contributed by atoms with Crippen molar-refractivity contribution in [1.29, 1.82) is 0 Å². The van der Waals surface area contributed by atoms with Crippen LogP contribution in [0, 0.1) is 0 Å². The van der Waals surface area contributed by atoms with Crippen LogP contribution in [0.15, 0.2) is 35.5 Å². The van der Waals surface area contributed by atoms with Crippen LogP contribution in [0.1, 0.15) is 0 Å². The summed E-state index contributed by atoms with van der Waals surface area (Å²) in [6.07, 6.45) is 2.86. The Labute approximate surface area is 105 Å². The Balaban J connectivity index is 1.83. The number of nitrogens with one attached hydrogen (secondary N) is 2. The third kappa shape index (κ3) is 2.08. The molecule has 9 nitrogen and oxygen atoms in total. The van der Waals surface area contributed by atoms with Gasteiger partial charge in [-0.15, -0.1) is 5.10 Å². The van der Waals surface area contributed by atoms with Crippen LogP contribution in [0.5, 0.6) is 0 Å². The summed E-state index contributed by atoms with van der Waals surface area (Å²) in [5, 5.41) is 12.6. The SMILES string of the molecule is O=C(Cn1nc2ccccn2c1=O)Nc1ncn[nH]1. The average molecular weight is 259 g/mol. The minimum atomic E-state index is -0.415. The molecule has 3 heterocycles. The Morgan fingerprint density at radius 3 is 3.05 bits per heavy atom. The standard InChI is InChI=1S/C10H9N7O2/c18-8(13-9-11-6-12-14-9)5-17-10(19)16-4-2-1-3-7(16)15-17/h1-4,6H,5H2,(H2,11,12,13,14,18). The summed E-state index contributed by atoms with van der Waals surface area (Å²) < 4.78 is 2.45. The van der Waals surface area contributed by atoms with Crippen molar-refractivity contribution < 1.29 is 4.79 Å². The van der Waals surface area contributed by atoms with Crippen molar-refractivity contribution in [2.24, 2.45) is 0 Å². The lowest BCUT2D eigenvalue weighted by Crippen LogP contribution is -2.28. The second kappa shape index (κ2) is 4.37. The molecule has 0 aromatic carbocycles. The Kier molecular flexibility index (Phi) is 2.56. The summed E-state index contributed by atoms with van der Waals surface area (Å²) in [7, 11) is 0. The maximum absolute atomic E-state index is 11.9. The van der Waals surface area contributed by atoms with Crippen molar-refractivity contribution in [2.45, 2.75) is 6.54 Å². The molecule has 0 saturated carbocycles. The lowest BCUT2D eigenvalue weighted by atomic mass is 10.5. The van der Waals surface area contributed by atoms with Crippen LogP contribution in [-0.2, 0) is 11.3 Å². The second-order valence-corrected chi connectivity index (χ2v) is 3.75. The topological polar surface area (TPSA) is 110 Å². The minimum absolute atomic E-state index is 0.193. The van der Waals surface area contributed by atoms with E-state index in [2.05, 4.69) is 25.6 Å². The number of carbonyl (C=O) groups is 1. The Morgan fingerprint density at radius 1 is 1.42 bits per heavy atom. The lowest BCUT2D eigenvalue weighted by Gasteiger charge is -1.99. The highest BCUT2D eigenvalue weighted by Gasteiger charge is 2.11. The molecule has 0 aliphatic carbocycles. The van der Waals surface area contributed by atoms with Crippen LogP contribution in [0.2, 0.25) is 0 Å². The number of aromatic amines is 1. The van der Waals surface area contributed by atoms with Gasteiger partial charge in [-0.25, -0.2) is 14.6 Å². The number of anilines is 1. The van der Waals surface area contributed by atoms with E-state index >= 15 is 0 Å². The maximum Gasteiger partial charge on any atom is 0.350 e. The summed E-state index contributed by atoms with van der Waals surface area (Å²) in [6.45, 7) is -0.193. The number of carbonyl (C=O) groups excluding carboxylic acids is 1. The van der Waals surface area contributed by atoms with Crippen molar-refractivity contribution in [2.75, 3.05) is 5.32 Å². The van der Waals surface area contributed by atoms with Crippen LogP contribution in [0.25, 0.3) is 5.65 Å². The van der Waals surface area contributed by atoms with E-state index in [1.54, 1.807) is 24.4 Å². The first kappa shape index (κ1) is 11.1. The summed E-state index contributed by atoms with van der Waals surface area (Å²) in [4.78, 5) is 27.4. The summed E-state index contributed by atoms with van der Waals surface area (Å²) in [5.74, 6) is -0.191. The maximum atomic E-state index is 11.9. The zero-order chi connectivity index (χ0) is 13.2. The van der Waals surface area contributed by atoms with E-state index < -0.39 is 5.91 Å². The van der Waals surface area contributed by atoms with Gasteiger partial charge < -0.3 is 0 Å². The molecule has 96 valence electrons. The second-order valence-electron chi connectivity index (χ2n) is 3.75. The van der Waals surface area contributed by atoms with Crippen molar-refractivity contribution in [1.82, 2.24) is 29.4 Å². The third-order valence-corrected chi connectivity index (χ3v) is 2.45. The van der Waals surface area contributed by atoms with Crippen molar-refractivity contribution in [3.8, 4) is 0 Å². The summed E-state index contributed by atoms with van der Waals surface area (Å²) >= 11 is 0. The van der Waals surface area contributed by atoms with Gasteiger partial charge >= 0.3 is 5.69 Å². The molecule has 3 rings (SSSR count). The fourth-order valence-corrected chi connectivity index (χ4v) is 1.64. The van der Waals surface area contributed by atoms with Crippen molar-refractivity contribution in [3.63, 3.8) is 0 Å². The molecule has 0 radical (unpaired) electrons. The molecular weight excluding hydrogens is 250 g/mol. The molecule has 0 aliphatic rings. The predicted molar refractivity (Wildman–Crippen MR) is 64.5 cm³/mol. The van der Waals surface area contributed by atoms with Gasteiger partial charge in [-0.1, -0.05) is 6.07 Å². The Bertz CT molecular complexity index is 771. The highest BCUT2D eigenvalue weighted by atomic mass is 16.2.